The maximum absolute atomic E-state index is 13.9. The molecule has 6 nitrogen and oxygen atoms in total. The lowest BCUT2D eigenvalue weighted by atomic mass is 10.0. The lowest BCUT2D eigenvalue weighted by molar-refractivity contribution is -0.143. The molecule has 0 radical (unpaired) electrons. The van der Waals surface area contributed by atoms with Gasteiger partial charge < -0.3 is 13.8 Å². The number of thioether (sulfide) groups is 1. The zero-order valence-corrected chi connectivity index (χ0v) is 22.5. The maximum atomic E-state index is 13.9. The molecule has 0 amide bonds. The van der Waals surface area contributed by atoms with Crippen molar-refractivity contribution in [2.45, 2.75) is 50.8 Å². The van der Waals surface area contributed by atoms with Gasteiger partial charge in [0.2, 0.25) is 0 Å². The molecule has 192 valence electrons. The number of ketones is 1. The molecular formula is C26H34FO6PS. The van der Waals surface area contributed by atoms with Crippen molar-refractivity contribution in [2.24, 2.45) is 5.92 Å². The summed E-state index contributed by atoms with van der Waals surface area (Å²) in [5, 5.41) is -1.39. The fourth-order valence-electron chi connectivity index (χ4n) is 3.67. The summed E-state index contributed by atoms with van der Waals surface area (Å²) in [6.07, 6.45) is 0. The largest absolute Gasteiger partial charge is 0.465 e. The average Bonchev–Trinajstić information content (AvgIpc) is 2.82. The fourth-order valence-corrected chi connectivity index (χ4v) is 7.94. The van der Waals surface area contributed by atoms with Crippen molar-refractivity contribution in [3.8, 4) is 0 Å². The Morgan fingerprint density at radius 1 is 0.914 bits per heavy atom. The first-order chi connectivity index (χ1) is 16.7. The molecule has 0 aromatic heterocycles. The SMILES string of the molecule is CCOC(=O)C(C(SC(C(=O)c1ccc(F)cc1)c1ccccc1)C(C)C)P(=O)(OCC)OCC. The predicted molar refractivity (Wildman–Crippen MR) is 137 cm³/mol. The zero-order chi connectivity index (χ0) is 26.0. The first-order valence-corrected chi connectivity index (χ1v) is 14.3. The first kappa shape index (κ1) is 29.2. The Morgan fingerprint density at radius 3 is 1.97 bits per heavy atom. The predicted octanol–water partition coefficient (Wildman–Crippen LogP) is 6.71. The van der Waals surface area contributed by atoms with Gasteiger partial charge in [-0.15, -0.1) is 11.8 Å². The van der Waals surface area contributed by atoms with Gasteiger partial charge in [-0.3, -0.25) is 14.2 Å². The van der Waals surface area contributed by atoms with Gasteiger partial charge in [0.05, 0.1) is 25.1 Å². The van der Waals surface area contributed by atoms with Crippen molar-refractivity contribution in [1.29, 1.82) is 0 Å². The van der Waals surface area contributed by atoms with Gasteiger partial charge in [0.15, 0.2) is 11.4 Å². The molecule has 2 rings (SSSR count). The molecule has 0 saturated heterocycles. The van der Waals surface area contributed by atoms with Crippen LogP contribution in [0.1, 0.15) is 55.8 Å². The number of carbonyl (C=O) groups excluding carboxylic acids is 2. The van der Waals surface area contributed by atoms with Crippen LogP contribution in [0.15, 0.2) is 54.6 Å². The number of Topliss-reactive ketones (excluding diaryl/α,β-unsaturated/α-hetero) is 1. The van der Waals surface area contributed by atoms with E-state index in [2.05, 4.69) is 0 Å². The maximum Gasteiger partial charge on any atom is 0.346 e. The first-order valence-electron chi connectivity index (χ1n) is 11.7. The highest BCUT2D eigenvalue weighted by atomic mass is 32.2. The lowest BCUT2D eigenvalue weighted by Gasteiger charge is -2.34. The van der Waals surface area contributed by atoms with Crippen LogP contribution in [0.4, 0.5) is 4.39 Å². The van der Waals surface area contributed by atoms with Crippen LogP contribution in [0.5, 0.6) is 0 Å². The Labute approximate surface area is 211 Å². The summed E-state index contributed by atoms with van der Waals surface area (Å²) in [6.45, 7) is 9.06. The van der Waals surface area contributed by atoms with E-state index < -0.39 is 35.5 Å². The third kappa shape index (κ3) is 7.74. The average molecular weight is 525 g/mol. The highest BCUT2D eigenvalue weighted by molar-refractivity contribution is 8.01. The zero-order valence-electron chi connectivity index (χ0n) is 20.8. The van der Waals surface area contributed by atoms with Gasteiger partial charge in [-0.05, 0) is 56.5 Å². The van der Waals surface area contributed by atoms with Crippen LogP contribution in [0.3, 0.4) is 0 Å². The van der Waals surface area contributed by atoms with Crippen molar-refractivity contribution in [2.75, 3.05) is 19.8 Å². The normalized spacial score (nSPS) is 14.4. The summed E-state index contributed by atoms with van der Waals surface area (Å²) < 4.78 is 43.8. The number of esters is 1. The second-order valence-corrected chi connectivity index (χ2v) is 11.5. The van der Waals surface area contributed by atoms with Crippen molar-refractivity contribution >= 4 is 31.1 Å². The number of hydrogen-bond donors (Lipinski definition) is 0. The van der Waals surface area contributed by atoms with Gasteiger partial charge in [-0.25, -0.2) is 4.39 Å². The van der Waals surface area contributed by atoms with Gasteiger partial charge in [0.25, 0.3) is 0 Å². The summed E-state index contributed by atoms with van der Waals surface area (Å²) in [5.74, 6) is -1.58. The van der Waals surface area contributed by atoms with E-state index in [-0.39, 0.29) is 31.5 Å². The standard InChI is InChI=1S/C26H34FO6PS/c1-6-31-26(29)23(34(30,32-7-2)33-8-3)24(18(4)5)35-25(20-12-10-9-11-13-20)22(28)19-14-16-21(27)17-15-19/h9-18,23-25H,6-8H2,1-5H3. The van der Waals surface area contributed by atoms with Crippen LogP contribution in [0.2, 0.25) is 0 Å². The highest BCUT2D eigenvalue weighted by Crippen LogP contribution is 2.58. The van der Waals surface area contributed by atoms with Gasteiger partial charge in [0.1, 0.15) is 5.82 Å². The second-order valence-electron chi connectivity index (χ2n) is 8.08. The number of benzene rings is 2. The molecule has 0 aliphatic heterocycles. The Balaban J connectivity index is 2.59. The van der Waals surface area contributed by atoms with Crippen LogP contribution >= 0.6 is 19.4 Å². The number of ether oxygens (including phenoxy) is 1. The molecule has 0 aliphatic carbocycles. The summed E-state index contributed by atoms with van der Waals surface area (Å²) in [7, 11) is -3.94. The molecule has 0 N–H and O–H groups in total. The Bertz CT molecular complexity index is 989. The minimum Gasteiger partial charge on any atom is -0.465 e. The topological polar surface area (TPSA) is 78.9 Å². The molecule has 0 bridgehead atoms. The molecule has 35 heavy (non-hydrogen) atoms. The van der Waals surface area contributed by atoms with Gasteiger partial charge in [0, 0.05) is 10.8 Å². The van der Waals surface area contributed by atoms with E-state index >= 15 is 0 Å². The molecule has 2 aromatic carbocycles. The third-order valence-corrected chi connectivity index (χ3v) is 9.76. The molecule has 0 aliphatic rings. The number of halogens is 1. The van der Waals surface area contributed by atoms with E-state index in [1.165, 1.54) is 36.0 Å². The van der Waals surface area contributed by atoms with Crippen LogP contribution in [-0.2, 0) is 23.1 Å². The van der Waals surface area contributed by atoms with Crippen molar-refractivity contribution < 1.29 is 32.3 Å². The second kappa shape index (κ2) is 13.9. The van der Waals surface area contributed by atoms with Crippen LogP contribution < -0.4 is 0 Å². The van der Waals surface area contributed by atoms with E-state index in [0.717, 1.165) is 0 Å². The molecular weight excluding hydrogens is 490 g/mol. The van der Waals surface area contributed by atoms with Crippen LogP contribution in [0, 0.1) is 11.7 Å². The summed E-state index contributed by atoms with van der Waals surface area (Å²) in [5.41, 5.74) is -0.192. The van der Waals surface area contributed by atoms with E-state index in [9.17, 15) is 18.5 Å². The molecule has 0 fully saturated rings. The van der Waals surface area contributed by atoms with Gasteiger partial charge in [-0.2, -0.15) is 0 Å². The van der Waals surface area contributed by atoms with Crippen molar-refractivity contribution in [3.05, 3.63) is 71.5 Å². The number of carbonyl (C=O) groups is 2. The quantitative estimate of drug-likeness (QED) is 0.154. The molecule has 3 unspecified atom stereocenters. The monoisotopic (exact) mass is 524 g/mol. The lowest BCUT2D eigenvalue weighted by Crippen LogP contribution is -2.39. The molecule has 3 atom stereocenters. The molecule has 2 aromatic rings. The van der Waals surface area contributed by atoms with E-state index in [1.807, 2.05) is 44.2 Å². The molecule has 0 saturated carbocycles. The van der Waals surface area contributed by atoms with Gasteiger partial charge in [-0.1, -0.05) is 44.2 Å². The van der Waals surface area contributed by atoms with E-state index in [1.54, 1.807) is 20.8 Å². The smallest absolute Gasteiger partial charge is 0.346 e. The molecule has 0 heterocycles. The minimum atomic E-state index is -3.94. The van der Waals surface area contributed by atoms with Crippen molar-refractivity contribution in [1.82, 2.24) is 0 Å². The minimum absolute atomic E-state index is 0.0826. The Kier molecular flexibility index (Phi) is 11.6. The fraction of sp³-hybridized carbons (Fsp3) is 0.462. The van der Waals surface area contributed by atoms with E-state index in [0.29, 0.717) is 11.1 Å². The Morgan fingerprint density at radius 2 is 1.49 bits per heavy atom. The molecule has 9 heteroatoms. The third-order valence-electron chi connectivity index (χ3n) is 5.22. The molecule has 0 spiro atoms. The highest BCUT2D eigenvalue weighted by Gasteiger charge is 2.50. The Hall–Kier alpha value is -1.99. The summed E-state index contributed by atoms with van der Waals surface area (Å²) >= 11 is 1.22. The number of rotatable bonds is 14. The number of hydrogen-bond acceptors (Lipinski definition) is 7. The van der Waals surface area contributed by atoms with Gasteiger partial charge >= 0.3 is 13.6 Å². The summed E-state index contributed by atoms with van der Waals surface area (Å²) in [6, 6.07) is 14.5. The van der Waals surface area contributed by atoms with E-state index in [4.69, 9.17) is 13.8 Å². The van der Waals surface area contributed by atoms with Crippen molar-refractivity contribution in [3.63, 3.8) is 0 Å². The summed E-state index contributed by atoms with van der Waals surface area (Å²) in [4.78, 5) is 26.8. The van der Waals surface area contributed by atoms with Crippen LogP contribution in [0.25, 0.3) is 0 Å². The van der Waals surface area contributed by atoms with Crippen LogP contribution in [-0.4, -0.2) is 42.5 Å².